The van der Waals surface area contributed by atoms with Gasteiger partial charge in [0.15, 0.2) is 0 Å². The first-order valence-electron chi connectivity index (χ1n) is 5.03. The molecule has 0 saturated carbocycles. The minimum absolute atomic E-state index is 0.802. The molecule has 0 aliphatic heterocycles. The number of hydrogen-bond donors (Lipinski definition) is 2. The maximum Gasteiger partial charge on any atom is 0.0574 e. The van der Waals surface area contributed by atoms with Gasteiger partial charge >= 0.3 is 0 Å². The van der Waals surface area contributed by atoms with Gasteiger partial charge in [0, 0.05) is 11.0 Å². The number of benzene rings is 1. The Kier molecular flexibility index (Phi) is 4.80. The van der Waals surface area contributed by atoms with Crippen LogP contribution in [0.4, 0.5) is 11.4 Å². The van der Waals surface area contributed by atoms with Gasteiger partial charge in [-0.1, -0.05) is 35.7 Å². The number of nitrogens with one attached hydrogen (secondary N) is 1. The van der Waals surface area contributed by atoms with Crippen LogP contribution in [0.5, 0.6) is 0 Å². The van der Waals surface area contributed by atoms with Crippen LogP contribution in [0.3, 0.4) is 0 Å². The van der Waals surface area contributed by atoms with E-state index in [-0.39, 0.29) is 0 Å². The fourth-order valence-corrected chi connectivity index (χ4v) is 1.67. The summed E-state index contributed by atoms with van der Waals surface area (Å²) in [6.45, 7) is 3.20. The van der Waals surface area contributed by atoms with Crippen LogP contribution in [-0.4, -0.2) is 6.54 Å². The minimum atomic E-state index is 0.802. The van der Waals surface area contributed by atoms with Crippen molar-refractivity contribution in [3.05, 3.63) is 22.7 Å². The van der Waals surface area contributed by atoms with Gasteiger partial charge in [0.1, 0.15) is 0 Å². The summed E-state index contributed by atoms with van der Waals surface area (Å²) >= 11 is 3.38. The summed E-state index contributed by atoms with van der Waals surface area (Å²) in [4.78, 5) is 0. The molecule has 0 unspecified atom stereocenters. The molecule has 0 aliphatic rings. The number of nitrogen functional groups attached to an aromatic ring is 1. The molecule has 0 spiro atoms. The molecule has 0 atom stereocenters. The van der Waals surface area contributed by atoms with Crippen LogP contribution in [0.1, 0.15) is 26.2 Å². The summed E-state index contributed by atoms with van der Waals surface area (Å²) in [5.41, 5.74) is 7.68. The van der Waals surface area contributed by atoms with Gasteiger partial charge in [-0.3, -0.25) is 0 Å². The Balaban J connectivity index is 2.42. The Bertz CT molecular complexity index is 287. The summed E-state index contributed by atoms with van der Waals surface area (Å²) in [5, 5.41) is 3.33. The molecule has 3 heteroatoms. The van der Waals surface area contributed by atoms with Crippen molar-refractivity contribution in [3.63, 3.8) is 0 Å². The highest BCUT2D eigenvalue weighted by atomic mass is 79.9. The Morgan fingerprint density at radius 1 is 1.36 bits per heavy atom. The van der Waals surface area contributed by atoms with Gasteiger partial charge in [-0.25, -0.2) is 0 Å². The van der Waals surface area contributed by atoms with E-state index in [1.807, 2.05) is 18.2 Å². The molecular formula is C11H17BrN2. The van der Waals surface area contributed by atoms with Crippen LogP contribution in [0.25, 0.3) is 0 Å². The molecular weight excluding hydrogens is 240 g/mol. The molecule has 14 heavy (non-hydrogen) atoms. The normalized spacial score (nSPS) is 10.1. The fourth-order valence-electron chi connectivity index (χ4n) is 1.29. The lowest BCUT2D eigenvalue weighted by Crippen LogP contribution is -2.03. The fraction of sp³-hybridized carbons (Fsp3) is 0.455. The van der Waals surface area contributed by atoms with Crippen LogP contribution < -0.4 is 11.1 Å². The predicted octanol–water partition coefficient (Wildman–Crippen LogP) is 3.63. The third kappa shape index (κ3) is 3.58. The van der Waals surface area contributed by atoms with Crippen molar-refractivity contribution in [2.24, 2.45) is 0 Å². The van der Waals surface area contributed by atoms with Crippen molar-refractivity contribution in [1.82, 2.24) is 0 Å². The lowest BCUT2D eigenvalue weighted by molar-refractivity contribution is 0.744. The average molecular weight is 257 g/mol. The van der Waals surface area contributed by atoms with E-state index in [1.165, 1.54) is 19.3 Å². The number of anilines is 2. The summed E-state index contributed by atoms with van der Waals surface area (Å²) < 4.78 is 1.02. The van der Waals surface area contributed by atoms with Crippen molar-refractivity contribution in [2.45, 2.75) is 26.2 Å². The summed E-state index contributed by atoms with van der Waals surface area (Å²) in [7, 11) is 0. The monoisotopic (exact) mass is 256 g/mol. The van der Waals surface area contributed by atoms with E-state index in [2.05, 4.69) is 28.2 Å². The molecule has 0 radical (unpaired) electrons. The number of nitrogens with two attached hydrogens (primary N) is 1. The molecule has 1 aromatic carbocycles. The average Bonchev–Trinajstić information content (AvgIpc) is 2.15. The first-order chi connectivity index (χ1) is 6.74. The van der Waals surface area contributed by atoms with Gasteiger partial charge in [-0.05, 0) is 24.6 Å². The number of rotatable bonds is 5. The molecule has 2 nitrogen and oxygen atoms in total. The van der Waals surface area contributed by atoms with E-state index >= 15 is 0 Å². The zero-order chi connectivity index (χ0) is 10.4. The Hall–Kier alpha value is -0.700. The second-order valence-electron chi connectivity index (χ2n) is 3.37. The van der Waals surface area contributed by atoms with Gasteiger partial charge < -0.3 is 11.1 Å². The lowest BCUT2D eigenvalue weighted by Gasteiger charge is -2.08. The second kappa shape index (κ2) is 5.91. The standard InChI is InChI=1S/C11H17BrN2/c1-2-3-4-7-14-11-6-5-9(12)8-10(11)13/h5-6,8,14H,2-4,7,13H2,1H3. The Morgan fingerprint density at radius 2 is 2.14 bits per heavy atom. The molecule has 0 amide bonds. The van der Waals surface area contributed by atoms with Crippen LogP contribution in [0, 0.1) is 0 Å². The van der Waals surface area contributed by atoms with Crippen molar-refractivity contribution in [3.8, 4) is 0 Å². The highest BCUT2D eigenvalue weighted by Gasteiger charge is 1.97. The topological polar surface area (TPSA) is 38.0 Å². The SMILES string of the molecule is CCCCCNc1ccc(Br)cc1N. The van der Waals surface area contributed by atoms with E-state index < -0.39 is 0 Å². The second-order valence-corrected chi connectivity index (χ2v) is 4.28. The zero-order valence-electron chi connectivity index (χ0n) is 8.52. The van der Waals surface area contributed by atoms with E-state index in [0.29, 0.717) is 0 Å². The van der Waals surface area contributed by atoms with Crippen molar-refractivity contribution in [2.75, 3.05) is 17.6 Å². The molecule has 0 aromatic heterocycles. The number of halogens is 1. The third-order valence-corrected chi connectivity index (χ3v) is 2.60. The maximum absolute atomic E-state index is 5.84. The van der Waals surface area contributed by atoms with Crippen LogP contribution >= 0.6 is 15.9 Å². The van der Waals surface area contributed by atoms with Crippen LogP contribution in [-0.2, 0) is 0 Å². The number of hydrogen-bond acceptors (Lipinski definition) is 2. The van der Waals surface area contributed by atoms with Gasteiger partial charge in [0.05, 0.1) is 11.4 Å². The maximum atomic E-state index is 5.84. The lowest BCUT2D eigenvalue weighted by atomic mass is 10.2. The van der Waals surface area contributed by atoms with E-state index in [0.717, 1.165) is 22.4 Å². The molecule has 0 fully saturated rings. The van der Waals surface area contributed by atoms with Gasteiger partial charge in [0.2, 0.25) is 0 Å². The van der Waals surface area contributed by atoms with E-state index in [1.54, 1.807) is 0 Å². The van der Waals surface area contributed by atoms with Crippen molar-refractivity contribution in [1.29, 1.82) is 0 Å². The molecule has 0 heterocycles. The first kappa shape index (κ1) is 11.4. The molecule has 0 aliphatic carbocycles. The Morgan fingerprint density at radius 3 is 2.79 bits per heavy atom. The summed E-state index contributed by atoms with van der Waals surface area (Å²) in [5.74, 6) is 0. The molecule has 3 N–H and O–H groups in total. The van der Waals surface area contributed by atoms with Gasteiger partial charge in [-0.2, -0.15) is 0 Å². The molecule has 0 bridgehead atoms. The van der Waals surface area contributed by atoms with Gasteiger partial charge in [0.25, 0.3) is 0 Å². The van der Waals surface area contributed by atoms with Crippen molar-refractivity contribution >= 4 is 27.3 Å². The third-order valence-electron chi connectivity index (χ3n) is 2.11. The number of unbranched alkanes of at least 4 members (excludes halogenated alkanes) is 2. The minimum Gasteiger partial charge on any atom is -0.397 e. The molecule has 0 saturated heterocycles. The van der Waals surface area contributed by atoms with E-state index in [9.17, 15) is 0 Å². The van der Waals surface area contributed by atoms with Gasteiger partial charge in [-0.15, -0.1) is 0 Å². The van der Waals surface area contributed by atoms with E-state index in [4.69, 9.17) is 5.73 Å². The van der Waals surface area contributed by atoms with Crippen molar-refractivity contribution < 1.29 is 0 Å². The first-order valence-corrected chi connectivity index (χ1v) is 5.82. The van der Waals surface area contributed by atoms with Crippen LogP contribution in [0.2, 0.25) is 0 Å². The smallest absolute Gasteiger partial charge is 0.0574 e. The largest absolute Gasteiger partial charge is 0.397 e. The summed E-state index contributed by atoms with van der Waals surface area (Å²) in [6, 6.07) is 5.92. The summed E-state index contributed by atoms with van der Waals surface area (Å²) in [6.07, 6.45) is 3.72. The zero-order valence-corrected chi connectivity index (χ0v) is 10.1. The van der Waals surface area contributed by atoms with Crippen LogP contribution in [0.15, 0.2) is 22.7 Å². The predicted molar refractivity (Wildman–Crippen MR) is 66.6 cm³/mol. The quantitative estimate of drug-likeness (QED) is 0.624. The molecule has 1 aromatic rings. The highest BCUT2D eigenvalue weighted by molar-refractivity contribution is 9.10. The molecule has 78 valence electrons. The Labute approximate surface area is 94.0 Å². The highest BCUT2D eigenvalue weighted by Crippen LogP contribution is 2.22. The molecule has 1 rings (SSSR count).